The first kappa shape index (κ1) is 13.5. The summed E-state index contributed by atoms with van der Waals surface area (Å²) in [6.07, 6.45) is 3.43. The van der Waals surface area contributed by atoms with Gasteiger partial charge in [0.05, 0.1) is 19.2 Å². The van der Waals surface area contributed by atoms with Crippen LogP contribution in [0.25, 0.3) is 0 Å². The summed E-state index contributed by atoms with van der Waals surface area (Å²) >= 11 is 1.93. The van der Waals surface area contributed by atoms with Crippen LogP contribution in [0.15, 0.2) is 0 Å². The molecule has 3 atom stereocenters. The maximum atomic E-state index is 11.5. The second-order valence-electron chi connectivity index (χ2n) is 4.85. The van der Waals surface area contributed by atoms with Gasteiger partial charge in [-0.3, -0.25) is 4.79 Å². The molecule has 0 aromatic rings. The molecule has 2 amide bonds. The number of nitrogens with zero attached hydrogens (tertiary/aromatic N) is 1. The number of urea groups is 1. The summed E-state index contributed by atoms with van der Waals surface area (Å²) in [5.74, 6) is 0.865. The van der Waals surface area contributed by atoms with E-state index >= 15 is 0 Å². The third-order valence-electron chi connectivity index (χ3n) is 3.71. The number of rotatable bonds is 5. The van der Waals surface area contributed by atoms with Gasteiger partial charge in [-0.1, -0.05) is 6.42 Å². The highest BCUT2D eigenvalue weighted by molar-refractivity contribution is 8.00. The minimum absolute atomic E-state index is 0.0462. The quantitative estimate of drug-likeness (QED) is 0.464. The van der Waals surface area contributed by atoms with Crippen molar-refractivity contribution in [1.29, 1.82) is 0 Å². The first-order chi connectivity index (χ1) is 8.63. The summed E-state index contributed by atoms with van der Waals surface area (Å²) in [6, 6.07) is 0.670. The molecule has 0 radical (unpaired) electrons. The highest BCUT2D eigenvalue weighted by atomic mass is 32.2. The fourth-order valence-electron chi connectivity index (χ4n) is 2.70. The number of unbranched alkanes of at least 4 members (excludes halogenated alkanes) is 1. The Morgan fingerprint density at radius 2 is 2.33 bits per heavy atom. The highest BCUT2D eigenvalue weighted by Crippen LogP contribution is 2.36. The predicted octanol–water partition coefficient (Wildman–Crippen LogP) is 1.23. The smallest absolute Gasteiger partial charge is 0.317 e. The molecule has 2 fully saturated rings. The molecule has 0 bridgehead atoms. The third kappa shape index (κ3) is 2.74. The van der Waals surface area contributed by atoms with E-state index in [9.17, 15) is 9.59 Å². The van der Waals surface area contributed by atoms with Crippen LogP contribution in [0.1, 0.15) is 25.7 Å². The molecule has 102 valence electrons. The van der Waals surface area contributed by atoms with Crippen LogP contribution in [0, 0.1) is 0 Å². The van der Waals surface area contributed by atoms with Crippen molar-refractivity contribution in [3.8, 4) is 0 Å². The van der Waals surface area contributed by atoms with Gasteiger partial charge in [0, 0.05) is 24.5 Å². The molecule has 0 aromatic heterocycles. The Kier molecular flexibility index (Phi) is 4.37. The lowest BCUT2D eigenvalue weighted by molar-refractivity contribution is -0.140. The van der Waals surface area contributed by atoms with Crippen molar-refractivity contribution in [3.63, 3.8) is 0 Å². The van der Waals surface area contributed by atoms with Gasteiger partial charge in [0.1, 0.15) is 0 Å². The number of ether oxygens (including phenoxy) is 1. The molecule has 1 N–H and O–H groups in total. The van der Waals surface area contributed by atoms with Gasteiger partial charge < -0.3 is 15.0 Å². The number of methoxy groups -OCH3 is 1. The molecular weight excluding hydrogens is 252 g/mol. The van der Waals surface area contributed by atoms with E-state index in [1.807, 2.05) is 23.7 Å². The van der Waals surface area contributed by atoms with Gasteiger partial charge in [0.2, 0.25) is 0 Å². The Morgan fingerprint density at radius 3 is 3.06 bits per heavy atom. The number of fused-ring (bicyclic) bond motifs is 1. The highest BCUT2D eigenvalue weighted by Gasteiger charge is 2.46. The molecule has 18 heavy (non-hydrogen) atoms. The van der Waals surface area contributed by atoms with Gasteiger partial charge in [0.15, 0.2) is 0 Å². The van der Waals surface area contributed by atoms with Gasteiger partial charge >= 0.3 is 12.0 Å². The van der Waals surface area contributed by atoms with E-state index in [0.717, 1.165) is 25.0 Å². The van der Waals surface area contributed by atoms with E-state index in [4.69, 9.17) is 0 Å². The molecular formula is C12H20N2O3S. The Morgan fingerprint density at radius 1 is 1.56 bits per heavy atom. The topological polar surface area (TPSA) is 58.6 Å². The van der Waals surface area contributed by atoms with E-state index in [-0.39, 0.29) is 12.0 Å². The number of likely N-dealkylation sites (N-methyl/N-ethyl adjacent to an activating group) is 1. The number of nitrogens with one attached hydrogen (secondary N) is 1. The Labute approximate surface area is 112 Å². The molecule has 2 rings (SSSR count). The van der Waals surface area contributed by atoms with E-state index in [0.29, 0.717) is 23.8 Å². The zero-order valence-corrected chi connectivity index (χ0v) is 11.7. The lowest BCUT2D eigenvalue weighted by Gasteiger charge is -2.23. The molecule has 6 heteroatoms. The molecule has 2 heterocycles. The molecule has 0 spiro atoms. The first-order valence-corrected chi connectivity index (χ1v) is 7.40. The van der Waals surface area contributed by atoms with Crippen molar-refractivity contribution in [1.82, 2.24) is 10.2 Å². The third-order valence-corrected chi connectivity index (χ3v) is 5.20. The van der Waals surface area contributed by atoms with Gasteiger partial charge in [-0.25, -0.2) is 4.79 Å². The fraction of sp³-hybridized carbons (Fsp3) is 0.833. The largest absolute Gasteiger partial charge is 0.469 e. The lowest BCUT2D eigenvalue weighted by atomic mass is 10.0. The van der Waals surface area contributed by atoms with Gasteiger partial charge in [-0.15, -0.1) is 0 Å². The van der Waals surface area contributed by atoms with Gasteiger partial charge in [-0.2, -0.15) is 11.8 Å². The maximum absolute atomic E-state index is 11.5. The average Bonchev–Trinajstić information content (AvgIpc) is 2.87. The monoisotopic (exact) mass is 272 g/mol. The second kappa shape index (κ2) is 5.82. The summed E-state index contributed by atoms with van der Waals surface area (Å²) in [5, 5.41) is 3.50. The van der Waals surface area contributed by atoms with Crippen molar-refractivity contribution < 1.29 is 14.3 Å². The minimum Gasteiger partial charge on any atom is -0.469 e. The Balaban J connectivity index is 1.74. The van der Waals surface area contributed by atoms with Crippen LogP contribution in [0.2, 0.25) is 0 Å². The number of esters is 1. The summed E-state index contributed by atoms with van der Waals surface area (Å²) in [6.45, 7) is 0. The van der Waals surface area contributed by atoms with Crippen LogP contribution in [0.3, 0.4) is 0 Å². The van der Waals surface area contributed by atoms with Crippen molar-refractivity contribution >= 4 is 23.8 Å². The van der Waals surface area contributed by atoms with Crippen molar-refractivity contribution in [3.05, 3.63) is 0 Å². The van der Waals surface area contributed by atoms with Gasteiger partial charge in [-0.05, 0) is 12.8 Å². The molecule has 2 aliphatic rings. The predicted molar refractivity (Wildman–Crippen MR) is 70.6 cm³/mol. The number of thioether (sulfide) groups is 1. The number of hydrogen-bond acceptors (Lipinski definition) is 4. The van der Waals surface area contributed by atoms with E-state index < -0.39 is 0 Å². The molecule has 0 aliphatic carbocycles. The Hall–Kier alpha value is -0.910. The van der Waals surface area contributed by atoms with Crippen LogP contribution in [-0.2, 0) is 9.53 Å². The van der Waals surface area contributed by atoms with Crippen LogP contribution in [0.4, 0.5) is 4.79 Å². The number of carbonyl (C=O) groups excluding carboxylic acids is 2. The van der Waals surface area contributed by atoms with Gasteiger partial charge in [0.25, 0.3) is 0 Å². The maximum Gasteiger partial charge on any atom is 0.317 e. The van der Waals surface area contributed by atoms with Crippen molar-refractivity contribution in [2.45, 2.75) is 43.0 Å². The standard InChI is InChI=1S/C12H20N2O3S/c1-14-11-8(13-12(14)16)7-18-9(11)5-3-4-6-10(15)17-2/h8-9,11H,3-7H2,1-2H3,(H,13,16)/t8-,9-,11-/m0/s1. The molecule has 2 saturated heterocycles. The number of carbonyl (C=O) groups is 2. The molecule has 2 aliphatic heterocycles. The van der Waals surface area contributed by atoms with E-state index in [1.54, 1.807) is 0 Å². The van der Waals surface area contributed by atoms with Crippen LogP contribution in [0.5, 0.6) is 0 Å². The van der Waals surface area contributed by atoms with Crippen LogP contribution in [-0.4, -0.2) is 54.1 Å². The lowest BCUT2D eigenvalue weighted by Crippen LogP contribution is -2.38. The molecule has 0 saturated carbocycles. The second-order valence-corrected chi connectivity index (χ2v) is 6.12. The van der Waals surface area contributed by atoms with E-state index in [1.165, 1.54) is 7.11 Å². The normalized spacial score (nSPS) is 30.2. The first-order valence-electron chi connectivity index (χ1n) is 6.35. The number of amides is 2. The number of hydrogen-bond donors (Lipinski definition) is 1. The Bertz CT molecular complexity index is 337. The molecule has 5 nitrogen and oxygen atoms in total. The van der Waals surface area contributed by atoms with Crippen molar-refractivity contribution in [2.75, 3.05) is 19.9 Å². The SMILES string of the molecule is COC(=O)CCCC[C@@H]1SC[C@@H]2NC(=O)N(C)[C@@H]21. The molecule has 0 aromatic carbocycles. The minimum atomic E-state index is -0.137. The summed E-state index contributed by atoms with van der Waals surface area (Å²) in [7, 11) is 3.29. The van der Waals surface area contributed by atoms with Crippen LogP contribution >= 0.6 is 11.8 Å². The van der Waals surface area contributed by atoms with E-state index in [2.05, 4.69) is 10.1 Å². The summed E-state index contributed by atoms with van der Waals surface area (Å²) < 4.78 is 4.62. The zero-order valence-electron chi connectivity index (χ0n) is 10.8. The summed E-state index contributed by atoms with van der Waals surface area (Å²) in [5.41, 5.74) is 0. The summed E-state index contributed by atoms with van der Waals surface area (Å²) in [4.78, 5) is 24.4. The molecule has 0 unspecified atom stereocenters. The zero-order chi connectivity index (χ0) is 13.1. The average molecular weight is 272 g/mol. The fourth-order valence-corrected chi connectivity index (χ4v) is 4.33. The van der Waals surface area contributed by atoms with Crippen molar-refractivity contribution in [2.24, 2.45) is 0 Å². The van der Waals surface area contributed by atoms with Crippen LogP contribution < -0.4 is 5.32 Å².